The summed E-state index contributed by atoms with van der Waals surface area (Å²) in [6.07, 6.45) is 9.22. The van der Waals surface area contributed by atoms with Crippen LogP contribution in [0.15, 0.2) is 37.1 Å². The normalized spacial score (nSPS) is 28.9. The number of rotatable bonds is 9. The number of ether oxygens (including phenoxy) is 2. The molecule has 0 spiro atoms. The minimum absolute atomic E-state index is 0.100. The molecule has 11 heteroatoms. The fraction of sp³-hybridized carbons (Fsp3) is 0.541. The van der Waals surface area contributed by atoms with Crippen LogP contribution in [0.1, 0.15) is 62.0 Å². The van der Waals surface area contributed by atoms with E-state index in [1.807, 2.05) is 6.20 Å². The zero-order valence-electron chi connectivity index (χ0n) is 27.1. The first-order valence-electron chi connectivity index (χ1n) is 17.5. The summed E-state index contributed by atoms with van der Waals surface area (Å²) in [4.78, 5) is 33.9. The van der Waals surface area contributed by atoms with Crippen molar-refractivity contribution in [2.75, 3.05) is 44.2 Å². The van der Waals surface area contributed by atoms with E-state index >= 15 is 0 Å². The standard InChI is InChI=1S/C37H40FN7O3/c1-2-31(46)45-14-13-43(20-24(45)9-11-39)35-30-18-40-32(27-6-3-5-26-28-15-22(28)16-29(26)27)34(48-25-7-8-25)33(30)41-36(42-35)47-21-37-10-4-12-44(37)19-23(38)17-37/h2-3,5-6,18,22-25,28H,1,4,7-10,12-17,19-21H2/t22?,23-,24+,28?,37+/m1/s1. The molecule has 0 radical (unpaired) electrons. The lowest BCUT2D eigenvalue weighted by molar-refractivity contribution is -0.128. The van der Waals surface area contributed by atoms with Gasteiger partial charge in [-0.05, 0) is 74.1 Å². The Balaban J connectivity index is 1.16. The van der Waals surface area contributed by atoms with Gasteiger partial charge in [-0.1, -0.05) is 24.8 Å². The number of fused-ring (bicyclic) bond motifs is 5. The average molecular weight is 650 g/mol. The average Bonchev–Trinajstić information content (AvgIpc) is 3.97. The predicted molar refractivity (Wildman–Crippen MR) is 178 cm³/mol. The fourth-order valence-corrected chi connectivity index (χ4v) is 8.89. The Labute approximate surface area is 279 Å². The van der Waals surface area contributed by atoms with E-state index in [9.17, 15) is 14.4 Å². The number of nitrogens with zero attached hydrogens (tertiary/aromatic N) is 7. The Bertz CT molecular complexity index is 1860. The van der Waals surface area contributed by atoms with Gasteiger partial charge < -0.3 is 19.3 Å². The minimum Gasteiger partial charge on any atom is -0.486 e. The lowest BCUT2D eigenvalue weighted by Crippen LogP contribution is -2.55. The number of piperazine rings is 1. The van der Waals surface area contributed by atoms with E-state index in [4.69, 9.17) is 24.4 Å². The first-order valence-corrected chi connectivity index (χ1v) is 17.5. The molecule has 1 aromatic carbocycles. The van der Waals surface area contributed by atoms with E-state index in [2.05, 4.69) is 40.6 Å². The van der Waals surface area contributed by atoms with E-state index in [-0.39, 0.29) is 36.0 Å². The summed E-state index contributed by atoms with van der Waals surface area (Å²) in [5.41, 5.74) is 4.98. The molecule has 2 aromatic heterocycles. The number of carbonyl (C=O) groups excluding carboxylic acids is 1. The minimum atomic E-state index is -0.862. The van der Waals surface area contributed by atoms with Crippen molar-refractivity contribution in [2.24, 2.45) is 5.92 Å². The topological polar surface area (TPSA) is 108 Å². The maximum atomic E-state index is 14.6. The van der Waals surface area contributed by atoms with Crippen LogP contribution in [0.5, 0.6) is 11.8 Å². The van der Waals surface area contributed by atoms with Crippen molar-refractivity contribution in [1.29, 1.82) is 5.26 Å². The molecule has 5 heterocycles. The number of aromatic nitrogens is 3. The van der Waals surface area contributed by atoms with Crippen LogP contribution in [0.2, 0.25) is 0 Å². The molecule has 9 rings (SSSR count). The third-order valence-electron chi connectivity index (χ3n) is 11.5. The molecule has 6 aliphatic rings. The summed E-state index contributed by atoms with van der Waals surface area (Å²) in [7, 11) is 0. The predicted octanol–water partition coefficient (Wildman–Crippen LogP) is 4.96. The second-order valence-electron chi connectivity index (χ2n) is 14.6. The number of hydrogen-bond donors (Lipinski definition) is 0. The van der Waals surface area contributed by atoms with Gasteiger partial charge in [0, 0.05) is 44.4 Å². The molecule has 1 amide bonds. The van der Waals surface area contributed by atoms with E-state index in [1.165, 1.54) is 23.6 Å². The van der Waals surface area contributed by atoms with Gasteiger partial charge in [0.15, 0.2) is 5.75 Å². The van der Waals surface area contributed by atoms with Crippen LogP contribution in [0, 0.1) is 17.2 Å². The van der Waals surface area contributed by atoms with Crippen LogP contribution < -0.4 is 14.4 Å². The molecule has 0 N–H and O–H groups in total. The molecule has 3 aliphatic carbocycles. The Kier molecular flexibility index (Phi) is 7.08. The quantitative estimate of drug-likeness (QED) is 0.297. The third kappa shape index (κ3) is 4.99. The van der Waals surface area contributed by atoms with Crippen LogP contribution in [0.3, 0.4) is 0 Å². The molecule has 48 heavy (non-hydrogen) atoms. The number of halogens is 1. The largest absolute Gasteiger partial charge is 0.486 e. The number of pyridine rings is 1. The summed E-state index contributed by atoms with van der Waals surface area (Å²) < 4.78 is 27.8. The summed E-state index contributed by atoms with van der Waals surface area (Å²) in [6.45, 7) is 6.63. The highest BCUT2D eigenvalue weighted by Gasteiger charge is 2.50. The van der Waals surface area contributed by atoms with E-state index in [0.29, 0.717) is 62.2 Å². The second kappa shape index (κ2) is 11.4. The van der Waals surface area contributed by atoms with Crippen molar-refractivity contribution >= 4 is 22.6 Å². The van der Waals surface area contributed by atoms with Crippen LogP contribution in [-0.4, -0.2) is 93.8 Å². The van der Waals surface area contributed by atoms with Gasteiger partial charge in [-0.2, -0.15) is 15.2 Å². The fourth-order valence-electron chi connectivity index (χ4n) is 8.89. The van der Waals surface area contributed by atoms with Crippen molar-refractivity contribution < 1.29 is 18.7 Å². The van der Waals surface area contributed by atoms with Gasteiger partial charge in [-0.15, -0.1) is 0 Å². The molecular weight excluding hydrogens is 609 g/mol. The molecule has 3 aromatic rings. The van der Waals surface area contributed by atoms with Crippen LogP contribution in [-0.2, 0) is 11.2 Å². The number of nitriles is 1. The zero-order valence-corrected chi connectivity index (χ0v) is 27.1. The van der Waals surface area contributed by atoms with Gasteiger partial charge in [0.05, 0.1) is 35.6 Å². The molecule has 3 saturated heterocycles. The van der Waals surface area contributed by atoms with Crippen molar-refractivity contribution in [3.63, 3.8) is 0 Å². The smallest absolute Gasteiger partial charge is 0.319 e. The van der Waals surface area contributed by atoms with E-state index < -0.39 is 6.17 Å². The Morgan fingerprint density at radius 3 is 2.94 bits per heavy atom. The molecule has 5 atom stereocenters. The number of benzene rings is 1. The first kappa shape index (κ1) is 29.8. The van der Waals surface area contributed by atoms with E-state index in [1.54, 1.807) is 4.90 Å². The number of carbonyl (C=O) groups is 1. The highest BCUT2D eigenvalue weighted by atomic mass is 19.1. The van der Waals surface area contributed by atoms with Crippen LogP contribution in [0.25, 0.3) is 22.2 Å². The zero-order chi connectivity index (χ0) is 32.6. The Morgan fingerprint density at radius 1 is 1.21 bits per heavy atom. The number of anilines is 1. The van der Waals surface area contributed by atoms with Crippen LogP contribution >= 0.6 is 0 Å². The number of hydrogen-bond acceptors (Lipinski definition) is 9. The second-order valence-corrected chi connectivity index (χ2v) is 14.6. The van der Waals surface area contributed by atoms with Gasteiger partial charge in [0.2, 0.25) is 5.91 Å². The number of amides is 1. The summed E-state index contributed by atoms with van der Waals surface area (Å²) in [6, 6.07) is 8.69. The lowest BCUT2D eigenvalue weighted by atomic mass is 9.95. The SMILES string of the molecule is C=CC(=O)N1CCN(c2nc(OC[C@@]34CCCN3C[C@H](F)C4)nc3c(OC4CC4)c(-c4cccc5c4CC4CC54)ncc23)C[C@@H]1CC#N. The summed E-state index contributed by atoms with van der Waals surface area (Å²) in [5, 5.41) is 10.4. The molecule has 10 nitrogen and oxygen atoms in total. The maximum Gasteiger partial charge on any atom is 0.319 e. The summed E-state index contributed by atoms with van der Waals surface area (Å²) >= 11 is 0. The molecule has 5 fully saturated rings. The molecule has 3 aliphatic heterocycles. The molecule has 248 valence electrons. The van der Waals surface area contributed by atoms with Crippen molar-refractivity contribution in [3.8, 4) is 29.1 Å². The van der Waals surface area contributed by atoms with Crippen molar-refractivity contribution in [2.45, 2.75) is 81.1 Å². The van der Waals surface area contributed by atoms with Gasteiger partial charge in [0.1, 0.15) is 29.8 Å². The van der Waals surface area contributed by atoms with Crippen LogP contribution in [0.4, 0.5) is 10.2 Å². The monoisotopic (exact) mass is 649 g/mol. The highest BCUT2D eigenvalue weighted by molar-refractivity contribution is 5.97. The Morgan fingerprint density at radius 2 is 2.10 bits per heavy atom. The van der Waals surface area contributed by atoms with E-state index in [0.717, 1.165) is 61.2 Å². The van der Waals surface area contributed by atoms with Gasteiger partial charge in [0.25, 0.3) is 0 Å². The molecule has 2 unspecified atom stereocenters. The Hall–Kier alpha value is -4.30. The lowest BCUT2D eigenvalue weighted by Gasteiger charge is -2.41. The molecule has 0 bridgehead atoms. The molecular formula is C37H40FN7O3. The van der Waals surface area contributed by atoms with Gasteiger partial charge in [-0.3, -0.25) is 14.7 Å². The maximum absolute atomic E-state index is 14.6. The molecule has 2 saturated carbocycles. The van der Waals surface area contributed by atoms with Crippen molar-refractivity contribution in [3.05, 3.63) is 48.2 Å². The third-order valence-corrected chi connectivity index (χ3v) is 11.5. The number of alkyl halides is 1. The van der Waals surface area contributed by atoms with Crippen molar-refractivity contribution in [1.82, 2.24) is 24.8 Å². The summed E-state index contributed by atoms with van der Waals surface area (Å²) in [5.74, 6) is 2.49. The first-order chi connectivity index (χ1) is 23.4. The highest BCUT2D eigenvalue weighted by Crippen LogP contribution is 2.58. The van der Waals surface area contributed by atoms with Gasteiger partial charge in [-0.25, -0.2) is 4.39 Å². The van der Waals surface area contributed by atoms with Gasteiger partial charge >= 0.3 is 6.01 Å².